The van der Waals surface area contributed by atoms with Crippen LogP contribution in [0.25, 0.3) is 0 Å². The van der Waals surface area contributed by atoms with Crippen molar-refractivity contribution in [3.8, 4) is 0 Å². The van der Waals surface area contributed by atoms with E-state index in [1.807, 2.05) is 0 Å². The lowest BCUT2D eigenvalue weighted by molar-refractivity contribution is 0.0518. The van der Waals surface area contributed by atoms with Crippen LogP contribution in [0.1, 0.15) is 28.0 Å². The van der Waals surface area contributed by atoms with E-state index in [1.165, 1.54) is 18.4 Å². The van der Waals surface area contributed by atoms with Gasteiger partial charge in [0.05, 0.1) is 6.61 Å². The second-order valence-electron chi connectivity index (χ2n) is 3.25. The highest BCUT2D eigenvalue weighted by Gasteiger charge is 2.16. The van der Waals surface area contributed by atoms with Crippen LogP contribution in [0.4, 0.5) is 0 Å². The number of furan rings is 1. The number of carboxylic acid groups (broad SMARTS) is 1. The van der Waals surface area contributed by atoms with Gasteiger partial charge in [0.2, 0.25) is 5.76 Å². The van der Waals surface area contributed by atoms with Gasteiger partial charge in [-0.05, 0) is 19.1 Å². The lowest BCUT2D eigenvalue weighted by atomic mass is 10.5. The molecule has 0 fully saturated rings. The molecule has 7 nitrogen and oxygen atoms in total. The van der Waals surface area contributed by atoms with Crippen LogP contribution in [0.15, 0.2) is 37.5 Å². The van der Waals surface area contributed by atoms with Crippen molar-refractivity contribution >= 4 is 23.7 Å². The Bertz CT molecular complexity index is 602. The average molecular weight is 283 g/mol. The Hall–Kier alpha value is -2.22. The standard InChI is InChI=1S/C11H9NO6S/c1-2-16-10(15)6-5-17-11(12-6)19-8-4-3-7(18-8)9(13)14/h3-5H,2H2,1H3,(H,13,14). The molecule has 0 bridgehead atoms. The Morgan fingerprint density at radius 2 is 2.26 bits per heavy atom. The van der Waals surface area contributed by atoms with Gasteiger partial charge in [0, 0.05) is 11.8 Å². The van der Waals surface area contributed by atoms with E-state index in [4.69, 9.17) is 18.7 Å². The predicted octanol–water partition coefficient (Wildman–Crippen LogP) is 2.29. The van der Waals surface area contributed by atoms with Crippen molar-refractivity contribution in [2.45, 2.75) is 17.2 Å². The maximum atomic E-state index is 11.3. The van der Waals surface area contributed by atoms with Crippen molar-refractivity contribution in [3.05, 3.63) is 29.9 Å². The van der Waals surface area contributed by atoms with Gasteiger partial charge in [-0.2, -0.15) is 4.98 Å². The lowest BCUT2D eigenvalue weighted by Crippen LogP contribution is -2.04. The van der Waals surface area contributed by atoms with Gasteiger partial charge < -0.3 is 18.7 Å². The van der Waals surface area contributed by atoms with Gasteiger partial charge in [-0.3, -0.25) is 0 Å². The van der Waals surface area contributed by atoms with E-state index in [0.29, 0.717) is 5.09 Å². The van der Waals surface area contributed by atoms with E-state index >= 15 is 0 Å². The van der Waals surface area contributed by atoms with Crippen LogP contribution in [0.3, 0.4) is 0 Å². The number of carbonyl (C=O) groups is 2. The predicted molar refractivity (Wildman–Crippen MR) is 62.2 cm³/mol. The second-order valence-corrected chi connectivity index (χ2v) is 4.20. The van der Waals surface area contributed by atoms with E-state index in [-0.39, 0.29) is 23.3 Å². The molecule has 0 atom stereocenters. The number of nitrogens with zero attached hydrogens (tertiary/aromatic N) is 1. The van der Waals surface area contributed by atoms with Crippen molar-refractivity contribution in [3.63, 3.8) is 0 Å². The van der Waals surface area contributed by atoms with E-state index in [9.17, 15) is 9.59 Å². The molecule has 0 radical (unpaired) electrons. The summed E-state index contributed by atoms with van der Waals surface area (Å²) < 4.78 is 14.8. The first kappa shape index (κ1) is 13.2. The summed E-state index contributed by atoms with van der Waals surface area (Å²) in [5.74, 6) is -1.92. The smallest absolute Gasteiger partial charge is 0.371 e. The summed E-state index contributed by atoms with van der Waals surface area (Å²) in [6.45, 7) is 1.93. The summed E-state index contributed by atoms with van der Waals surface area (Å²) in [6.07, 6.45) is 1.17. The zero-order valence-electron chi connectivity index (χ0n) is 9.78. The van der Waals surface area contributed by atoms with Crippen LogP contribution in [-0.4, -0.2) is 28.6 Å². The van der Waals surface area contributed by atoms with Gasteiger partial charge in [0.1, 0.15) is 6.26 Å². The molecule has 100 valence electrons. The first-order valence-electron chi connectivity index (χ1n) is 5.23. The van der Waals surface area contributed by atoms with Crippen molar-refractivity contribution in [1.82, 2.24) is 4.98 Å². The Morgan fingerprint density at radius 1 is 1.47 bits per heavy atom. The molecule has 0 unspecified atom stereocenters. The quantitative estimate of drug-likeness (QED) is 0.834. The third-order valence-corrected chi connectivity index (χ3v) is 2.73. The second kappa shape index (κ2) is 5.61. The molecule has 2 heterocycles. The molecule has 0 amide bonds. The molecule has 0 saturated heterocycles. The Morgan fingerprint density at radius 3 is 2.89 bits per heavy atom. The summed E-state index contributed by atoms with van der Waals surface area (Å²) in [7, 11) is 0. The number of carbonyl (C=O) groups excluding carboxylic acids is 1. The molecule has 0 aliphatic heterocycles. The molecule has 0 aliphatic rings. The van der Waals surface area contributed by atoms with Gasteiger partial charge in [0.15, 0.2) is 10.8 Å². The molecule has 19 heavy (non-hydrogen) atoms. The highest BCUT2D eigenvalue weighted by Crippen LogP contribution is 2.28. The number of ether oxygens (including phenoxy) is 1. The largest absolute Gasteiger partial charge is 0.475 e. The van der Waals surface area contributed by atoms with Crippen molar-refractivity contribution in [2.24, 2.45) is 0 Å². The monoisotopic (exact) mass is 283 g/mol. The number of esters is 1. The third-order valence-electron chi connectivity index (χ3n) is 1.95. The van der Waals surface area contributed by atoms with E-state index in [1.54, 1.807) is 6.92 Å². The highest BCUT2D eigenvalue weighted by atomic mass is 32.2. The van der Waals surface area contributed by atoms with Crippen LogP contribution >= 0.6 is 11.8 Å². The van der Waals surface area contributed by atoms with E-state index in [0.717, 1.165) is 11.8 Å². The van der Waals surface area contributed by atoms with Crippen LogP contribution in [-0.2, 0) is 4.74 Å². The van der Waals surface area contributed by atoms with Gasteiger partial charge >= 0.3 is 11.9 Å². The molecule has 0 spiro atoms. The maximum absolute atomic E-state index is 11.3. The molecule has 2 rings (SSSR count). The normalized spacial score (nSPS) is 10.4. The molecular weight excluding hydrogens is 274 g/mol. The highest BCUT2D eigenvalue weighted by molar-refractivity contribution is 7.99. The van der Waals surface area contributed by atoms with Crippen LogP contribution in [0.5, 0.6) is 0 Å². The SMILES string of the molecule is CCOC(=O)c1coc(Sc2ccc(C(=O)O)o2)n1. The average Bonchev–Trinajstić information content (AvgIpc) is 2.99. The zero-order chi connectivity index (χ0) is 13.8. The lowest BCUT2D eigenvalue weighted by Gasteiger charge is -1.94. The van der Waals surface area contributed by atoms with E-state index < -0.39 is 11.9 Å². The van der Waals surface area contributed by atoms with Crippen LogP contribution in [0, 0.1) is 0 Å². The Balaban J connectivity index is 2.06. The molecule has 0 saturated carbocycles. The fourth-order valence-electron chi connectivity index (χ4n) is 1.18. The first-order chi connectivity index (χ1) is 9.10. The summed E-state index contributed by atoms with van der Waals surface area (Å²) in [5, 5.41) is 9.16. The minimum atomic E-state index is -1.16. The fourth-order valence-corrected chi connectivity index (χ4v) is 1.86. The summed E-state index contributed by atoms with van der Waals surface area (Å²) >= 11 is 0.967. The summed E-state index contributed by atoms with van der Waals surface area (Å²) in [6, 6.07) is 2.79. The van der Waals surface area contributed by atoms with Crippen molar-refractivity contribution in [1.29, 1.82) is 0 Å². The van der Waals surface area contributed by atoms with E-state index in [2.05, 4.69) is 4.98 Å². The topological polar surface area (TPSA) is 103 Å². The number of hydrogen-bond donors (Lipinski definition) is 1. The Labute approximate surface area is 111 Å². The summed E-state index contributed by atoms with van der Waals surface area (Å²) in [4.78, 5) is 25.9. The number of aromatic carboxylic acids is 1. The number of carboxylic acids is 1. The molecule has 1 N–H and O–H groups in total. The molecule has 2 aromatic rings. The third kappa shape index (κ3) is 3.16. The molecule has 2 aromatic heterocycles. The molecule has 8 heteroatoms. The molecular formula is C11H9NO6S. The summed E-state index contributed by atoms with van der Waals surface area (Å²) in [5.41, 5.74) is 0.0503. The van der Waals surface area contributed by atoms with Crippen LogP contribution < -0.4 is 0 Å². The number of hydrogen-bond acceptors (Lipinski definition) is 7. The first-order valence-corrected chi connectivity index (χ1v) is 6.05. The van der Waals surface area contributed by atoms with Gasteiger partial charge in [0.25, 0.3) is 5.22 Å². The van der Waals surface area contributed by atoms with Crippen molar-refractivity contribution in [2.75, 3.05) is 6.61 Å². The van der Waals surface area contributed by atoms with Gasteiger partial charge in [-0.15, -0.1) is 0 Å². The minimum absolute atomic E-state index is 0.0503. The Kier molecular flexibility index (Phi) is 3.91. The number of rotatable bonds is 5. The molecule has 0 aliphatic carbocycles. The number of oxazole rings is 1. The van der Waals surface area contributed by atoms with Gasteiger partial charge in [-0.25, -0.2) is 9.59 Å². The van der Waals surface area contributed by atoms with Crippen LogP contribution in [0.2, 0.25) is 0 Å². The van der Waals surface area contributed by atoms with Gasteiger partial charge in [-0.1, -0.05) is 0 Å². The number of aromatic nitrogens is 1. The molecule has 0 aromatic carbocycles. The van der Waals surface area contributed by atoms with Crippen molar-refractivity contribution < 1.29 is 28.3 Å². The maximum Gasteiger partial charge on any atom is 0.371 e. The fraction of sp³-hybridized carbons (Fsp3) is 0.182. The zero-order valence-corrected chi connectivity index (χ0v) is 10.6. The minimum Gasteiger partial charge on any atom is -0.475 e.